The minimum atomic E-state index is -0.478. The summed E-state index contributed by atoms with van der Waals surface area (Å²) in [5.41, 5.74) is -0.478. The number of rotatable bonds is 6. The summed E-state index contributed by atoms with van der Waals surface area (Å²) >= 11 is 0. The Balaban J connectivity index is 1.84. The molecule has 0 aromatic carbocycles. The lowest BCUT2D eigenvalue weighted by molar-refractivity contribution is -0.0497. The molecule has 2 aliphatic carbocycles. The van der Waals surface area contributed by atoms with E-state index >= 15 is 0 Å². The molecule has 140 valence electrons. The molecule has 6 heteroatoms. The number of hydrogen-bond acceptors (Lipinski definition) is 5. The van der Waals surface area contributed by atoms with Gasteiger partial charge < -0.3 is 24.8 Å². The van der Waals surface area contributed by atoms with Crippen molar-refractivity contribution in [2.45, 2.75) is 95.7 Å². The third kappa shape index (κ3) is 5.60. The summed E-state index contributed by atoms with van der Waals surface area (Å²) in [5, 5.41) is 6.69. The Morgan fingerprint density at radius 3 is 2.38 bits per heavy atom. The molecular weight excluding hydrogens is 308 g/mol. The van der Waals surface area contributed by atoms with Crippen molar-refractivity contribution in [3.63, 3.8) is 0 Å². The molecule has 0 aliphatic heterocycles. The number of hydrogen-bond donors (Lipinski definition) is 2. The number of amides is 1. The van der Waals surface area contributed by atoms with Crippen LogP contribution in [0.5, 0.6) is 0 Å². The summed E-state index contributed by atoms with van der Waals surface area (Å²) in [6, 6.07) is 0.686. The Bertz CT molecular complexity index is 402. The molecule has 0 aromatic rings. The minimum absolute atomic E-state index is 0.0662. The standard InChI is InChI=1S/C18H34N2O4/c1-6-23-15-11-14(20-17(21)24-18(2,3)4)16(15)19-12-7-9-13(22-5)10-8-12/h12-16,19H,6-11H2,1-5H3,(H,20,21). The molecule has 3 unspecified atom stereocenters. The van der Waals surface area contributed by atoms with Crippen LogP contribution in [-0.4, -0.2) is 55.7 Å². The maximum Gasteiger partial charge on any atom is 0.407 e. The number of carbonyl (C=O) groups excluding carboxylic acids is 1. The molecule has 2 aliphatic rings. The zero-order chi connectivity index (χ0) is 17.7. The van der Waals surface area contributed by atoms with E-state index in [-0.39, 0.29) is 24.3 Å². The zero-order valence-corrected chi connectivity index (χ0v) is 15.8. The van der Waals surface area contributed by atoms with Crippen molar-refractivity contribution in [3.05, 3.63) is 0 Å². The second-order valence-electron chi connectivity index (χ2n) is 7.88. The molecule has 1 amide bonds. The summed E-state index contributed by atoms with van der Waals surface area (Å²) < 4.78 is 16.6. The van der Waals surface area contributed by atoms with Crippen molar-refractivity contribution in [3.8, 4) is 0 Å². The molecule has 0 radical (unpaired) electrons. The van der Waals surface area contributed by atoms with Gasteiger partial charge in [-0.2, -0.15) is 0 Å². The van der Waals surface area contributed by atoms with Crippen molar-refractivity contribution >= 4 is 6.09 Å². The van der Waals surface area contributed by atoms with E-state index in [9.17, 15) is 4.79 Å². The summed E-state index contributed by atoms with van der Waals surface area (Å²) in [5.74, 6) is 0. The number of methoxy groups -OCH3 is 1. The van der Waals surface area contributed by atoms with Gasteiger partial charge in [0.2, 0.25) is 0 Å². The molecule has 2 fully saturated rings. The van der Waals surface area contributed by atoms with Gasteiger partial charge in [0.1, 0.15) is 5.60 Å². The maximum atomic E-state index is 12.0. The topological polar surface area (TPSA) is 68.8 Å². The minimum Gasteiger partial charge on any atom is -0.444 e. The van der Waals surface area contributed by atoms with Gasteiger partial charge in [0.25, 0.3) is 0 Å². The lowest BCUT2D eigenvalue weighted by Gasteiger charge is -2.47. The Morgan fingerprint density at radius 1 is 1.17 bits per heavy atom. The van der Waals surface area contributed by atoms with Crippen molar-refractivity contribution in [1.29, 1.82) is 0 Å². The van der Waals surface area contributed by atoms with Crippen LogP contribution in [0.1, 0.15) is 59.8 Å². The average molecular weight is 342 g/mol. The number of nitrogens with one attached hydrogen (secondary N) is 2. The van der Waals surface area contributed by atoms with E-state index in [1.165, 1.54) is 0 Å². The number of alkyl carbamates (subject to hydrolysis) is 1. The molecule has 0 heterocycles. The second kappa shape index (κ2) is 8.50. The summed E-state index contributed by atoms with van der Waals surface area (Å²) in [6.07, 6.45) is 5.42. The van der Waals surface area contributed by atoms with E-state index in [2.05, 4.69) is 10.6 Å². The van der Waals surface area contributed by atoms with E-state index < -0.39 is 5.60 Å². The van der Waals surface area contributed by atoms with Gasteiger partial charge in [-0.05, 0) is 59.8 Å². The average Bonchev–Trinajstić information content (AvgIpc) is 2.50. The van der Waals surface area contributed by atoms with E-state index in [4.69, 9.17) is 14.2 Å². The predicted molar refractivity (Wildman–Crippen MR) is 93.2 cm³/mol. The first-order valence-corrected chi connectivity index (χ1v) is 9.22. The van der Waals surface area contributed by atoms with Crippen LogP contribution < -0.4 is 10.6 Å². The molecule has 0 bridgehead atoms. The van der Waals surface area contributed by atoms with Crippen molar-refractivity contribution in [2.24, 2.45) is 0 Å². The number of carbonyl (C=O) groups is 1. The van der Waals surface area contributed by atoms with Crippen LogP contribution in [0.3, 0.4) is 0 Å². The Labute approximate surface area is 146 Å². The molecule has 0 aromatic heterocycles. The van der Waals surface area contributed by atoms with Crippen LogP contribution in [0.2, 0.25) is 0 Å². The highest BCUT2D eigenvalue weighted by Crippen LogP contribution is 2.28. The third-order valence-electron chi connectivity index (χ3n) is 4.84. The SMILES string of the molecule is CCOC1CC(NC(=O)OC(C)(C)C)C1NC1CCC(OC)CC1. The molecule has 2 saturated carbocycles. The Morgan fingerprint density at radius 2 is 1.83 bits per heavy atom. The Kier molecular flexibility index (Phi) is 6.89. The molecule has 24 heavy (non-hydrogen) atoms. The van der Waals surface area contributed by atoms with Crippen LogP contribution >= 0.6 is 0 Å². The van der Waals surface area contributed by atoms with Gasteiger partial charge >= 0.3 is 6.09 Å². The molecule has 2 N–H and O–H groups in total. The fourth-order valence-electron chi connectivity index (χ4n) is 3.56. The van der Waals surface area contributed by atoms with Crippen LogP contribution in [0.4, 0.5) is 4.79 Å². The van der Waals surface area contributed by atoms with Crippen LogP contribution in [0.15, 0.2) is 0 Å². The highest BCUT2D eigenvalue weighted by atomic mass is 16.6. The second-order valence-corrected chi connectivity index (χ2v) is 7.88. The van der Waals surface area contributed by atoms with E-state index in [1.807, 2.05) is 27.7 Å². The first kappa shape index (κ1) is 19.5. The summed E-state index contributed by atoms with van der Waals surface area (Å²) in [4.78, 5) is 12.0. The van der Waals surface area contributed by atoms with Gasteiger partial charge in [0.15, 0.2) is 0 Å². The molecule has 6 nitrogen and oxygen atoms in total. The Hall–Kier alpha value is -0.850. The zero-order valence-electron chi connectivity index (χ0n) is 15.8. The fourth-order valence-corrected chi connectivity index (χ4v) is 3.56. The maximum absolute atomic E-state index is 12.0. The quantitative estimate of drug-likeness (QED) is 0.776. The van der Waals surface area contributed by atoms with Crippen LogP contribution in [0.25, 0.3) is 0 Å². The summed E-state index contributed by atoms with van der Waals surface area (Å²) in [7, 11) is 1.79. The van der Waals surface area contributed by atoms with E-state index in [1.54, 1.807) is 7.11 Å². The fraction of sp³-hybridized carbons (Fsp3) is 0.944. The lowest BCUT2D eigenvalue weighted by Crippen LogP contribution is -2.68. The van der Waals surface area contributed by atoms with Gasteiger partial charge in [-0.1, -0.05) is 0 Å². The predicted octanol–water partition coefficient (Wildman–Crippen LogP) is 2.60. The van der Waals surface area contributed by atoms with Crippen molar-refractivity contribution < 1.29 is 19.0 Å². The van der Waals surface area contributed by atoms with E-state index in [0.29, 0.717) is 18.8 Å². The van der Waals surface area contributed by atoms with Gasteiger partial charge in [-0.3, -0.25) is 0 Å². The number of ether oxygens (including phenoxy) is 3. The molecule has 0 spiro atoms. The van der Waals surface area contributed by atoms with Crippen LogP contribution in [0, 0.1) is 0 Å². The highest BCUT2D eigenvalue weighted by Gasteiger charge is 2.44. The van der Waals surface area contributed by atoms with Gasteiger partial charge in [-0.15, -0.1) is 0 Å². The first-order valence-electron chi connectivity index (χ1n) is 9.22. The highest BCUT2D eigenvalue weighted by molar-refractivity contribution is 5.68. The van der Waals surface area contributed by atoms with Gasteiger partial charge in [-0.25, -0.2) is 4.79 Å². The first-order chi connectivity index (χ1) is 11.3. The van der Waals surface area contributed by atoms with Gasteiger partial charge in [0.05, 0.1) is 24.3 Å². The largest absolute Gasteiger partial charge is 0.444 e. The molecule has 2 rings (SSSR count). The third-order valence-corrected chi connectivity index (χ3v) is 4.84. The van der Waals surface area contributed by atoms with E-state index in [0.717, 1.165) is 32.1 Å². The lowest BCUT2D eigenvalue weighted by atomic mass is 9.81. The smallest absolute Gasteiger partial charge is 0.407 e. The molecule has 0 saturated heterocycles. The molecule has 3 atom stereocenters. The normalized spacial score (nSPS) is 33.6. The van der Waals surface area contributed by atoms with Crippen molar-refractivity contribution in [2.75, 3.05) is 13.7 Å². The van der Waals surface area contributed by atoms with Crippen LogP contribution in [-0.2, 0) is 14.2 Å². The summed E-state index contributed by atoms with van der Waals surface area (Å²) in [6.45, 7) is 8.33. The van der Waals surface area contributed by atoms with Gasteiger partial charge in [0, 0.05) is 19.8 Å². The molecular formula is C18H34N2O4. The monoisotopic (exact) mass is 342 g/mol. The van der Waals surface area contributed by atoms with Crippen molar-refractivity contribution in [1.82, 2.24) is 10.6 Å².